The van der Waals surface area contributed by atoms with Gasteiger partial charge in [0, 0.05) is 24.4 Å². The highest BCUT2D eigenvalue weighted by Crippen LogP contribution is 1.94. The molecule has 0 aromatic carbocycles. The number of carboxylic acids is 1. The van der Waals surface area contributed by atoms with Crippen molar-refractivity contribution in [2.45, 2.75) is 13.0 Å². The maximum absolute atomic E-state index is 10.1. The largest absolute Gasteiger partial charge is 0.478 e. The van der Waals surface area contributed by atoms with Gasteiger partial charge in [-0.05, 0) is 13.2 Å². The van der Waals surface area contributed by atoms with Crippen LogP contribution < -0.4 is 5.32 Å². The molecule has 0 radical (unpaired) electrons. The topological polar surface area (TPSA) is 49.3 Å². The number of hydrogen-bond donors (Lipinski definition) is 2. The predicted octanol–water partition coefficient (Wildman–Crippen LogP) is 0.968. The van der Waals surface area contributed by atoms with Gasteiger partial charge in [-0.1, -0.05) is 6.08 Å². The van der Waals surface area contributed by atoms with Gasteiger partial charge in [-0.25, -0.2) is 4.79 Å². The van der Waals surface area contributed by atoms with Gasteiger partial charge in [-0.3, -0.25) is 0 Å². The van der Waals surface area contributed by atoms with Gasteiger partial charge >= 0.3 is 5.97 Å². The molecule has 0 rings (SSSR count). The Morgan fingerprint density at radius 3 is 2.92 bits per heavy atom. The second-order valence-corrected chi connectivity index (χ2v) is 3.42. The highest BCUT2D eigenvalue weighted by Gasteiger charge is 1.96. The molecule has 0 aliphatic carbocycles. The number of carboxylic acid groups (broad SMARTS) is 1. The van der Waals surface area contributed by atoms with Crippen molar-refractivity contribution in [3.8, 4) is 0 Å². The summed E-state index contributed by atoms with van der Waals surface area (Å²) < 4.78 is 0. The molecule has 4 heteroatoms. The van der Waals surface area contributed by atoms with Gasteiger partial charge in [0.25, 0.3) is 0 Å². The molecular formula is C8H15NO2S. The van der Waals surface area contributed by atoms with Gasteiger partial charge in [-0.2, -0.15) is 11.8 Å². The number of hydrogen-bond acceptors (Lipinski definition) is 3. The fraction of sp³-hybridized carbons (Fsp3) is 0.625. The quantitative estimate of drug-likeness (QED) is 0.611. The minimum atomic E-state index is -0.894. The van der Waals surface area contributed by atoms with E-state index in [-0.39, 0.29) is 0 Å². The molecule has 0 bridgehead atoms. The number of rotatable bonds is 6. The van der Waals surface area contributed by atoms with E-state index in [1.54, 1.807) is 17.8 Å². The third-order valence-corrected chi connectivity index (χ3v) is 2.09. The zero-order valence-corrected chi connectivity index (χ0v) is 8.23. The van der Waals surface area contributed by atoms with Gasteiger partial charge in [0.1, 0.15) is 0 Å². The average molecular weight is 189 g/mol. The van der Waals surface area contributed by atoms with Gasteiger partial charge in [-0.15, -0.1) is 0 Å². The van der Waals surface area contributed by atoms with E-state index in [2.05, 4.69) is 12.2 Å². The lowest BCUT2D eigenvalue weighted by Crippen LogP contribution is -2.28. The lowest BCUT2D eigenvalue weighted by Gasteiger charge is -2.09. The first-order valence-corrected chi connectivity index (χ1v) is 5.18. The van der Waals surface area contributed by atoms with Gasteiger partial charge in [0.05, 0.1) is 0 Å². The second-order valence-electron chi connectivity index (χ2n) is 2.51. The number of thioether (sulfide) groups is 1. The van der Waals surface area contributed by atoms with Crippen LogP contribution in [0.15, 0.2) is 12.2 Å². The maximum Gasteiger partial charge on any atom is 0.328 e. The van der Waals surface area contributed by atoms with Crippen molar-refractivity contribution >= 4 is 17.7 Å². The number of nitrogens with one attached hydrogen (secondary N) is 1. The summed E-state index contributed by atoms with van der Waals surface area (Å²) in [5.41, 5.74) is 0. The van der Waals surface area contributed by atoms with E-state index in [9.17, 15) is 4.79 Å². The Balaban J connectivity index is 3.36. The van der Waals surface area contributed by atoms with Crippen molar-refractivity contribution < 1.29 is 9.90 Å². The highest BCUT2D eigenvalue weighted by molar-refractivity contribution is 7.98. The summed E-state index contributed by atoms with van der Waals surface area (Å²) in [5.74, 6) is 0.148. The summed E-state index contributed by atoms with van der Waals surface area (Å²) in [6.07, 6.45) is 4.81. The molecule has 0 aliphatic rings. The molecule has 1 unspecified atom stereocenters. The molecule has 0 heterocycles. The van der Waals surface area contributed by atoms with Crippen molar-refractivity contribution in [3.63, 3.8) is 0 Å². The van der Waals surface area contributed by atoms with Crippen molar-refractivity contribution in [1.82, 2.24) is 5.32 Å². The van der Waals surface area contributed by atoms with Crippen molar-refractivity contribution in [1.29, 1.82) is 0 Å². The van der Waals surface area contributed by atoms with E-state index in [1.807, 2.05) is 6.26 Å². The third kappa shape index (κ3) is 7.63. The molecule has 0 aromatic rings. The first kappa shape index (κ1) is 11.5. The molecule has 2 N–H and O–H groups in total. The summed E-state index contributed by atoms with van der Waals surface area (Å²) in [7, 11) is 0. The Kier molecular flexibility index (Phi) is 6.90. The minimum absolute atomic E-state index is 0.429. The molecule has 0 amide bonds. The highest BCUT2D eigenvalue weighted by atomic mass is 32.2. The maximum atomic E-state index is 10.1. The van der Waals surface area contributed by atoms with E-state index >= 15 is 0 Å². The van der Waals surface area contributed by atoms with Crippen LogP contribution in [0.2, 0.25) is 0 Å². The summed E-state index contributed by atoms with van der Waals surface area (Å²) in [6, 6.07) is 0.429. The summed E-state index contributed by atoms with van der Waals surface area (Å²) in [5, 5.41) is 11.4. The zero-order valence-electron chi connectivity index (χ0n) is 7.41. The molecule has 0 aliphatic heterocycles. The van der Waals surface area contributed by atoms with Crippen LogP contribution in [0.5, 0.6) is 0 Å². The van der Waals surface area contributed by atoms with Crippen molar-refractivity contribution in [3.05, 3.63) is 12.2 Å². The standard InChI is InChI=1S/C8H15NO2S/c1-7(6-12-2)9-5-3-4-8(10)11/h3-4,7,9H,5-6H2,1-2H3,(H,10,11)/b4-3+. The Morgan fingerprint density at radius 1 is 1.75 bits per heavy atom. The van der Waals surface area contributed by atoms with Crippen LogP contribution >= 0.6 is 11.8 Å². The molecule has 12 heavy (non-hydrogen) atoms. The van der Waals surface area contributed by atoms with Crippen molar-refractivity contribution in [2.24, 2.45) is 0 Å². The van der Waals surface area contributed by atoms with E-state index in [0.717, 1.165) is 11.8 Å². The Labute approximate surface area is 77.2 Å². The Hall–Kier alpha value is -0.480. The van der Waals surface area contributed by atoms with E-state index in [0.29, 0.717) is 12.6 Å². The normalized spacial score (nSPS) is 13.5. The van der Waals surface area contributed by atoms with Crippen LogP contribution in [0.25, 0.3) is 0 Å². The third-order valence-electron chi connectivity index (χ3n) is 1.26. The smallest absolute Gasteiger partial charge is 0.328 e. The first-order chi connectivity index (χ1) is 5.66. The predicted molar refractivity (Wildman–Crippen MR) is 52.6 cm³/mol. The van der Waals surface area contributed by atoms with Gasteiger partial charge < -0.3 is 10.4 Å². The van der Waals surface area contributed by atoms with Crippen LogP contribution in [0.1, 0.15) is 6.92 Å². The molecule has 0 fully saturated rings. The van der Waals surface area contributed by atoms with Crippen LogP contribution in [0.3, 0.4) is 0 Å². The van der Waals surface area contributed by atoms with E-state index in [4.69, 9.17) is 5.11 Å². The SMILES string of the molecule is CSCC(C)NC/C=C/C(=O)O. The van der Waals surface area contributed by atoms with E-state index < -0.39 is 5.97 Å². The fourth-order valence-corrected chi connectivity index (χ4v) is 1.36. The molecule has 1 atom stereocenters. The molecule has 0 saturated carbocycles. The van der Waals surface area contributed by atoms with Crippen LogP contribution in [0.4, 0.5) is 0 Å². The summed E-state index contributed by atoms with van der Waals surface area (Å²) >= 11 is 1.77. The average Bonchev–Trinajstić information content (AvgIpc) is 1.98. The van der Waals surface area contributed by atoms with Gasteiger partial charge in [0.15, 0.2) is 0 Å². The zero-order chi connectivity index (χ0) is 9.40. The minimum Gasteiger partial charge on any atom is -0.478 e. The lowest BCUT2D eigenvalue weighted by atomic mass is 10.4. The van der Waals surface area contributed by atoms with Crippen LogP contribution in [0, 0.1) is 0 Å². The summed E-state index contributed by atoms with van der Waals surface area (Å²) in [4.78, 5) is 10.1. The lowest BCUT2D eigenvalue weighted by molar-refractivity contribution is -0.131. The molecule has 0 saturated heterocycles. The van der Waals surface area contributed by atoms with Gasteiger partial charge in [0.2, 0.25) is 0 Å². The van der Waals surface area contributed by atoms with E-state index in [1.165, 1.54) is 0 Å². The molecule has 0 spiro atoms. The molecule has 3 nitrogen and oxygen atoms in total. The number of carbonyl (C=O) groups is 1. The fourth-order valence-electron chi connectivity index (χ4n) is 0.738. The summed E-state index contributed by atoms with van der Waals surface area (Å²) in [6.45, 7) is 2.69. The van der Waals surface area contributed by atoms with Crippen LogP contribution in [-0.2, 0) is 4.79 Å². The Morgan fingerprint density at radius 2 is 2.42 bits per heavy atom. The molecule has 0 aromatic heterocycles. The molecular weight excluding hydrogens is 174 g/mol. The van der Waals surface area contributed by atoms with Crippen LogP contribution in [-0.4, -0.2) is 35.7 Å². The molecule has 70 valence electrons. The Bertz CT molecular complexity index is 159. The second kappa shape index (κ2) is 7.18. The van der Waals surface area contributed by atoms with Crippen molar-refractivity contribution in [2.75, 3.05) is 18.6 Å². The first-order valence-electron chi connectivity index (χ1n) is 3.78. The monoisotopic (exact) mass is 189 g/mol. The number of aliphatic carboxylic acids is 1.